The van der Waals surface area contributed by atoms with Gasteiger partial charge in [-0.3, -0.25) is 0 Å². The van der Waals surface area contributed by atoms with Crippen molar-refractivity contribution >= 4 is 16.6 Å². The zero-order chi connectivity index (χ0) is 7.71. The SMILES string of the molecule is C[Si](C)(C)O[Si](C)(C)C.[Ti+2]. The van der Waals surface area contributed by atoms with Gasteiger partial charge in [0.2, 0.25) is 0 Å². The van der Waals surface area contributed by atoms with E-state index in [0.717, 1.165) is 0 Å². The number of hydrogen-bond acceptors (Lipinski definition) is 1. The Labute approximate surface area is 81.7 Å². The fourth-order valence-corrected chi connectivity index (χ4v) is 8.27. The van der Waals surface area contributed by atoms with E-state index in [9.17, 15) is 0 Å². The molecule has 1 nitrogen and oxygen atoms in total. The zero-order valence-electron chi connectivity index (χ0n) is 7.91. The molecule has 0 rings (SSSR count). The van der Waals surface area contributed by atoms with Crippen LogP contribution < -0.4 is 0 Å². The summed E-state index contributed by atoms with van der Waals surface area (Å²) in [4.78, 5) is 0. The first kappa shape index (κ1) is 13.7. The van der Waals surface area contributed by atoms with Gasteiger partial charge < -0.3 is 4.12 Å². The van der Waals surface area contributed by atoms with Gasteiger partial charge in [-0.15, -0.1) is 0 Å². The summed E-state index contributed by atoms with van der Waals surface area (Å²) in [7, 11) is -2.46. The minimum atomic E-state index is -1.23. The van der Waals surface area contributed by atoms with Crippen molar-refractivity contribution in [1.82, 2.24) is 0 Å². The molecule has 0 aliphatic rings. The van der Waals surface area contributed by atoms with E-state index < -0.39 is 16.6 Å². The molecule has 0 aliphatic heterocycles. The third kappa shape index (κ3) is 11.9. The van der Waals surface area contributed by atoms with Gasteiger partial charge in [0.1, 0.15) is 0 Å². The van der Waals surface area contributed by atoms with Crippen LogP contribution in [-0.4, -0.2) is 16.6 Å². The summed E-state index contributed by atoms with van der Waals surface area (Å²) in [5, 5.41) is 0. The molecular formula is C6H18OSi2Ti+2. The quantitative estimate of drug-likeness (QED) is 0.637. The van der Waals surface area contributed by atoms with Gasteiger partial charge >= 0.3 is 21.7 Å². The summed E-state index contributed by atoms with van der Waals surface area (Å²) >= 11 is 0. The molecule has 0 aromatic rings. The van der Waals surface area contributed by atoms with Crippen LogP contribution in [0, 0.1) is 0 Å². The Morgan fingerprint density at radius 1 is 0.700 bits per heavy atom. The first-order valence-electron chi connectivity index (χ1n) is 3.41. The van der Waals surface area contributed by atoms with E-state index in [1.807, 2.05) is 0 Å². The van der Waals surface area contributed by atoms with Crippen molar-refractivity contribution in [3.63, 3.8) is 0 Å². The van der Waals surface area contributed by atoms with Crippen LogP contribution in [0.3, 0.4) is 0 Å². The summed E-state index contributed by atoms with van der Waals surface area (Å²) in [6.07, 6.45) is 0. The standard InChI is InChI=1S/C6H18OSi2.Ti/c1-8(2,3)7-9(4,5)6;/h1-6H3;/q;+2. The van der Waals surface area contributed by atoms with Crippen LogP contribution in [0.25, 0.3) is 0 Å². The van der Waals surface area contributed by atoms with Crippen LogP contribution in [-0.2, 0) is 25.8 Å². The number of hydrogen-bond donors (Lipinski definition) is 0. The van der Waals surface area contributed by atoms with Crippen molar-refractivity contribution in [3.05, 3.63) is 0 Å². The van der Waals surface area contributed by atoms with E-state index in [0.29, 0.717) is 0 Å². The maximum atomic E-state index is 5.90. The molecule has 58 valence electrons. The Morgan fingerprint density at radius 2 is 0.900 bits per heavy atom. The first-order chi connectivity index (χ1) is 3.71. The first-order valence-corrected chi connectivity index (χ1v) is 10.2. The second kappa shape index (κ2) is 4.21. The molecule has 0 saturated carbocycles. The molecule has 0 amide bonds. The van der Waals surface area contributed by atoms with E-state index in [2.05, 4.69) is 39.3 Å². The summed E-state index contributed by atoms with van der Waals surface area (Å²) in [6.45, 7) is 13.4. The third-order valence-corrected chi connectivity index (χ3v) is 5.51. The van der Waals surface area contributed by atoms with Crippen molar-refractivity contribution in [2.24, 2.45) is 0 Å². The second-order valence-corrected chi connectivity index (χ2v) is 13.6. The van der Waals surface area contributed by atoms with Crippen LogP contribution in [0.1, 0.15) is 0 Å². The molecule has 0 radical (unpaired) electrons. The van der Waals surface area contributed by atoms with Crippen LogP contribution in [0.4, 0.5) is 0 Å². The second-order valence-electron chi connectivity index (χ2n) is 4.33. The van der Waals surface area contributed by atoms with E-state index in [-0.39, 0.29) is 21.7 Å². The number of rotatable bonds is 2. The van der Waals surface area contributed by atoms with Crippen molar-refractivity contribution in [2.75, 3.05) is 0 Å². The van der Waals surface area contributed by atoms with Crippen LogP contribution >= 0.6 is 0 Å². The van der Waals surface area contributed by atoms with Gasteiger partial charge in [-0.25, -0.2) is 0 Å². The molecule has 0 atom stereocenters. The Bertz CT molecular complexity index is 80.9. The fourth-order valence-electron chi connectivity index (χ4n) is 0.919. The summed E-state index contributed by atoms with van der Waals surface area (Å²) in [5.41, 5.74) is 0. The van der Waals surface area contributed by atoms with Gasteiger partial charge in [-0.1, -0.05) is 0 Å². The largest absolute Gasteiger partial charge is 2.00 e. The Hall–Kier alpha value is 1.11. The smallest absolute Gasteiger partial charge is 0.456 e. The van der Waals surface area contributed by atoms with E-state index >= 15 is 0 Å². The average Bonchev–Trinajstić information content (AvgIpc) is 1.14. The molecule has 0 aromatic carbocycles. The molecule has 0 N–H and O–H groups in total. The molecule has 0 bridgehead atoms. The zero-order valence-corrected chi connectivity index (χ0v) is 11.5. The molecule has 0 saturated heterocycles. The summed E-state index contributed by atoms with van der Waals surface area (Å²) in [6, 6.07) is 0. The molecule has 0 heterocycles. The molecule has 0 spiro atoms. The maximum Gasteiger partial charge on any atom is 2.00 e. The molecule has 10 heavy (non-hydrogen) atoms. The normalized spacial score (nSPS) is 12.6. The van der Waals surface area contributed by atoms with Crippen molar-refractivity contribution in [2.45, 2.75) is 39.3 Å². The molecule has 0 aliphatic carbocycles. The Kier molecular flexibility index (Phi) is 5.76. The Morgan fingerprint density at radius 3 is 0.900 bits per heavy atom. The van der Waals surface area contributed by atoms with Crippen molar-refractivity contribution < 1.29 is 25.8 Å². The summed E-state index contributed by atoms with van der Waals surface area (Å²) in [5.74, 6) is 0. The minimum Gasteiger partial charge on any atom is -0.456 e. The van der Waals surface area contributed by atoms with Crippen LogP contribution in [0.15, 0.2) is 0 Å². The monoisotopic (exact) mass is 210 g/mol. The van der Waals surface area contributed by atoms with Crippen LogP contribution in [0.2, 0.25) is 39.3 Å². The molecule has 0 fully saturated rings. The van der Waals surface area contributed by atoms with Gasteiger partial charge in [-0.2, -0.15) is 0 Å². The van der Waals surface area contributed by atoms with E-state index in [1.54, 1.807) is 0 Å². The van der Waals surface area contributed by atoms with Gasteiger partial charge in [0.25, 0.3) is 0 Å². The average molecular weight is 210 g/mol. The third-order valence-electron chi connectivity index (χ3n) is 0.612. The predicted octanol–water partition coefficient (Wildman–Crippen LogP) is 2.67. The van der Waals surface area contributed by atoms with E-state index in [4.69, 9.17) is 4.12 Å². The van der Waals surface area contributed by atoms with Crippen molar-refractivity contribution in [3.8, 4) is 0 Å². The van der Waals surface area contributed by atoms with Gasteiger partial charge in [0.15, 0.2) is 16.6 Å². The maximum absolute atomic E-state index is 5.90. The van der Waals surface area contributed by atoms with Gasteiger partial charge in [0, 0.05) is 0 Å². The topological polar surface area (TPSA) is 9.23 Å². The fraction of sp³-hybridized carbons (Fsp3) is 1.00. The molecule has 0 aromatic heterocycles. The Balaban J connectivity index is 0. The summed E-state index contributed by atoms with van der Waals surface area (Å²) < 4.78 is 5.90. The predicted molar refractivity (Wildman–Crippen MR) is 47.8 cm³/mol. The van der Waals surface area contributed by atoms with Crippen molar-refractivity contribution in [1.29, 1.82) is 0 Å². The van der Waals surface area contributed by atoms with E-state index in [1.165, 1.54) is 0 Å². The molecule has 0 unspecified atom stereocenters. The van der Waals surface area contributed by atoms with Gasteiger partial charge in [-0.05, 0) is 39.3 Å². The van der Waals surface area contributed by atoms with Crippen LogP contribution in [0.5, 0.6) is 0 Å². The van der Waals surface area contributed by atoms with Gasteiger partial charge in [0.05, 0.1) is 0 Å². The minimum absolute atomic E-state index is 0. The molecular weight excluding hydrogens is 192 g/mol. The molecule has 4 heteroatoms.